The van der Waals surface area contributed by atoms with E-state index in [0.29, 0.717) is 61.8 Å². The Morgan fingerprint density at radius 1 is 1.17 bits per heavy atom. The highest BCUT2D eigenvalue weighted by Gasteiger charge is 2.27. The number of carbonyl (C=O) groups excluding carboxylic acids is 2. The van der Waals surface area contributed by atoms with Crippen molar-refractivity contribution in [3.63, 3.8) is 0 Å². The van der Waals surface area contributed by atoms with Gasteiger partial charge in [-0.05, 0) is 51.8 Å². The highest BCUT2D eigenvalue weighted by molar-refractivity contribution is 5.83. The molecule has 0 bridgehead atoms. The zero-order valence-corrected chi connectivity index (χ0v) is 24.1. The van der Waals surface area contributed by atoms with Crippen LogP contribution in [0.25, 0.3) is 22.6 Å². The Hall–Kier alpha value is -4.13. The number of ether oxygens (including phenoxy) is 2. The quantitative estimate of drug-likeness (QED) is 0.461. The Balaban J connectivity index is 1.45. The van der Waals surface area contributed by atoms with E-state index in [1.165, 1.54) is 4.57 Å². The second kappa shape index (κ2) is 12.0. The molecule has 0 saturated carbocycles. The summed E-state index contributed by atoms with van der Waals surface area (Å²) >= 11 is 0. The van der Waals surface area contributed by atoms with Gasteiger partial charge in [-0.15, -0.1) is 0 Å². The average Bonchev–Trinajstić information content (AvgIpc) is 3.35. The maximum absolute atomic E-state index is 14.2. The van der Waals surface area contributed by atoms with Crippen LogP contribution < -0.4 is 10.2 Å². The van der Waals surface area contributed by atoms with E-state index in [9.17, 15) is 18.4 Å². The van der Waals surface area contributed by atoms with Crippen molar-refractivity contribution in [2.24, 2.45) is 0 Å². The number of alkyl carbamates (subject to hydrolysis) is 1. The lowest BCUT2D eigenvalue weighted by Gasteiger charge is -2.34. The number of imidazole rings is 1. The molecular formula is C29H35F2N7O4. The van der Waals surface area contributed by atoms with E-state index >= 15 is 0 Å². The summed E-state index contributed by atoms with van der Waals surface area (Å²) < 4.78 is 40.5. The van der Waals surface area contributed by atoms with Crippen LogP contribution >= 0.6 is 0 Å². The largest absolute Gasteiger partial charge is 0.444 e. The summed E-state index contributed by atoms with van der Waals surface area (Å²) in [5.41, 5.74) is 1.70. The minimum atomic E-state index is -2.84. The first-order chi connectivity index (χ1) is 20.0. The molecule has 1 aromatic carbocycles. The highest BCUT2D eigenvalue weighted by atomic mass is 19.3. The topological polar surface area (TPSA) is 115 Å². The summed E-state index contributed by atoms with van der Waals surface area (Å²) in [6, 6.07) is 8.79. The number of hydrogen-bond acceptors (Lipinski definition) is 8. The molecule has 5 rings (SSSR count). The van der Waals surface area contributed by atoms with Gasteiger partial charge in [0.15, 0.2) is 5.82 Å². The first-order valence-electron chi connectivity index (χ1n) is 13.9. The SMILES string of the molecule is C[C@H]1COCCN1c1cc(C2=CCN(C(=O)CNC(=O)OC(C)(C)C)CC2)nc(-n2c(C(F)F)nc3ccccc32)n1. The number of hydrogen-bond donors (Lipinski definition) is 1. The molecule has 2 amide bonds. The van der Waals surface area contributed by atoms with Gasteiger partial charge in [-0.3, -0.25) is 9.36 Å². The van der Waals surface area contributed by atoms with E-state index in [1.807, 2.05) is 19.1 Å². The van der Waals surface area contributed by atoms with Crippen molar-refractivity contribution < 1.29 is 27.8 Å². The van der Waals surface area contributed by atoms with Gasteiger partial charge in [-0.2, -0.15) is 4.98 Å². The number of nitrogens with one attached hydrogen (secondary N) is 1. The lowest BCUT2D eigenvalue weighted by molar-refractivity contribution is -0.129. The number of benzene rings is 1. The molecule has 0 radical (unpaired) electrons. The molecule has 3 aromatic rings. The molecule has 224 valence electrons. The van der Waals surface area contributed by atoms with Crippen molar-refractivity contribution in [2.45, 2.75) is 52.2 Å². The van der Waals surface area contributed by atoms with Crippen molar-refractivity contribution >= 4 is 34.4 Å². The van der Waals surface area contributed by atoms with Crippen molar-refractivity contribution in [2.75, 3.05) is 44.3 Å². The summed E-state index contributed by atoms with van der Waals surface area (Å²) in [5.74, 6) is 0.0333. The molecule has 2 aliphatic heterocycles. The first kappa shape index (κ1) is 29.4. The van der Waals surface area contributed by atoms with Crippen LogP contribution in [-0.2, 0) is 14.3 Å². The standard InChI is InChI=1S/C29H35F2N7O4/c1-18-17-41-14-13-37(18)23-15-21(19-9-11-36(12-10-19)24(39)16-32-28(40)42-29(2,3)4)34-27(35-23)38-22-8-6-5-7-20(22)33-26(38)25(30)31/h5-9,15,18,25H,10-14,16-17H2,1-4H3,(H,32,40)/t18-/m0/s1. The Labute approximate surface area is 242 Å². The van der Waals surface area contributed by atoms with Crippen LogP contribution in [0.1, 0.15) is 52.1 Å². The number of fused-ring (bicyclic) bond motifs is 1. The summed E-state index contributed by atoms with van der Waals surface area (Å²) in [4.78, 5) is 42.1. The van der Waals surface area contributed by atoms with E-state index < -0.39 is 23.9 Å². The van der Waals surface area contributed by atoms with Crippen molar-refractivity contribution in [1.82, 2.24) is 29.7 Å². The molecule has 2 aromatic heterocycles. The fourth-order valence-electron chi connectivity index (χ4n) is 5.00. The van der Waals surface area contributed by atoms with Gasteiger partial charge in [0.05, 0.1) is 36.0 Å². The number of nitrogens with zero attached hydrogens (tertiary/aromatic N) is 6. The summed E-state index contributed by atoms with van der Waals surface area (Å²) in [7, 11) is 0. The maximum Gasteiger partial charge on any atom is 0.408 e. The van der Waals surface area contributed by atoms with Gasteiger partial charge >= 0.3 is 6.09 Å². The average molecular weight is 584 g/mol. The first-order valence-corrected chi connectivity index (χ1v) is 13.9. The van der Waals surface area contributed by atoms with Gasteiger partial charge in [0, 0.05) is 25.7 Å². The van der Waals surface area contributed by atoms with Gasteiger partial charge in [0.25, 0.3) is 6.43 Å². The number of alkyl halides is 2. The molecule has 11 nitrogen and oxygen atoms in total. The van der Waals surface area contributed by atoms with Crippen LogP contribution in [-0.4, -0.2) is 87.5 Å². The minimum Gasteiger partial charge on any atom is -0.444 e. The van der Waals surface area contributed by atoms with E-state index in [4.69, 9.17) is 19.4 Å². The van der Waals surface area contributed by atoms with Crippen LogP contribution in [0.3, 0.4) is 0 Å². The molecule has 42 heavy (non-hydrogen) atoms. The number of carbonyl (C=O) groups is 2. The molecule has 2 aliphatic rings. The molecule has 1 N–H and O–H groups in total. The third-order valence-corrected chi connectivity index (χ3v) is 7.02. The van der Waals surface area contributed by atoms with E-state index in [2.05, 4.69) is 15.2 Å². The van der Waals surface area contributed by atoms with Gasteiger partial charge < -0.3 is 24.6 Å². The number of aromatic nitrogens is 4. The summed E-state index contributed by atoms with van der Waals surface area (Å²) in [6.07, 6.45) is -1.11. The molecular weight excluding hydrogens is 548 g/mol. The van der Waals surface area contributed by atoms with Crippen molar-refractivity contribution in [1.29, 1.82) is 0 Å². The fraction of sp³-hybridized carbons (Fsp3) is 0.483. The smallest absolute Gasteiger partial charge is 0.408 e. The number of anilines is 1. The Morgan fingerprint density at radius 2 is 1.95 bits per heavy atom. The van der Waals surface area contributed by atoms with E-state index in [1.54, 1.807) is 49.9 Å². The van der Waals surface area contributed by atoms with Gasteiger partial charge in [0.2, 0.25) is 11.9 Å². The fourth-order valence-corrected chi connectivity index (χ4v) is 5.00. The number of halogens is 2. The van der Waals surface area contributed by atoms with Crippen molar-refractivity contribution in [3.8, 4) is 5.95 Å². The summed E-state index contributed by atoms with van der Waals surface area (Å²) in [5, 5.41) is 2.50. The van der Waals surface area contributed by atoms with Crippen LogP contribution in [0.4, 0.5) is 19.4 Å². The summed E-state index contributed by atoms with van der Waals surface area (Å²) in [6.45, 7) is 9.42. The monoisotopic (exact) mass is 583 g/mol. The molecule has 0 unspecified atom stereocenters. The van der Waals surface area contributed by atoms with E-state index in [0.717, 1.165) is 5.57 Å². The van der Waals surface area contributed by atoms with E-state index in [-0.39, 0.29) is 24.4 Å². The second-order valence-electron chi connectivity index (χ2n) is 11.3. The van der Waals surface area contributed by atoms with Crippen molar-refractivity contribution in [3.05, 3.63) is 47.9 Å². The molecule has 1 atom stereocenters. The van der Waals surface area contributed by atoms with Gasteiger partial charge in [0.1, 0.15) is 18.0 Å². The highest BCUT2D eigenvalue weighted by Crippen LogP contribution is 2.31. The number of rotatable bonds is 6. The van der Waals surface area contributed by atoms with Crippen LogP contribution in [0, 0.1) is 0 Å². The van der Waals surface area contributed by atoms with Gasteiger partial charge in [-0.25, -0.2) is 23.5 Å². The predicted octanol–water partition coefficient (Wildman–Crippen LogP) is 4.12. The van der Waals surface area contributed by atoms with Crippen LogP contribution in [0.5, 0.6) is 0 Å². The zero-order chi connectivity index (χ0) is 30.0. The Morgan fingerprint density at radius 3 is 2.64 bits per heavy atom. The Bertz CT molecular complexity index is 1500. The third-order valence-electron chi connectivity index (χ3n) is 7.02. The number of morpholine rings is 1. The number of para-hydroxylation sites is 2. The molecule has 0 spiro atoms. The van der Waals surface area contributed by atoms with Crippen LogP contribution in [0.2, 0.25) is 0 Å². The molecule has 13 heteroatoms. The molecule has 0 aliphatic carbocycles. The zero-order valence-electron chi connectivity index (χ0n) is 24.1. The lowest BCUT2D eigenvalue weighted by Crippen LogP contribution is -2.44. The molecule has 4 heterocycles. The second-order valence-corrected chi connectivity index (χ2v) is 11.3. The minimum absolute atomic E-state index is 0.0226. The Kier molecular flexibility index (Phi) is 8.39. The third kappa shape index (κ3) is 6.51. The normalized spacial score (nSPS) is 17.9. The maximum atomic E-state index is 14.2. The predicted molar refractivity (Wildman–Crippen MR) is 153 cm³/mol. The number of amides is 2. The lowest BCUT2D eigenvalue weighted by atomic mass is 10.0. The molecule has 1 fully saturated rings. The van der Waals surface area contributed by atoms with Gasteiger partial charge in [-0.1, -0.05) is 18.2 Å². The molecule has 1 saturated heterocycles. The van der Waals surface area contributed by atoms with Crippen LogP contribution in [0.15, 0.2) is 36.4 Å².